The summed E-state index contributed by atoms with van der Waals surface area (Å²) in [5, 5.41) is 1.95. The van der Waals surface area contributed by atoms with Gasteiger partial charge in [-0.2, -0.15) is 0 Å². The number of nitrogens with one attached hydrogen (secondary N) is 1. The van der Waals surface area contributed by atoms with Crippen LogP contribution in [0.25, 0.3) is 0 Å². The first-order chi connectivity index (χ1) is 5.24. The van der Waals surface area contributed by atoms with E-state index in [1.54, 1.807) is 0 Å². The highest BCUT2D eigenvalue weighted by molar-refractivity contribution is 9.10. The number of anilines is 1. The molecule has 0 aliphatic heterocycles. The molecule has 0 saturated carbocycles. The third kappa shape index (κ3) is 2.20. The molecule has 1 aromatic carbocycles. The molecule has 0 saturated heterocycles. The molecule has 0 fully saturated rings. The number of halogens is 1. The van der Waals surface area contributed by atoms with Gasteiger partial charge in [-0.15, -0.1) is 0 Å². The zero-order valence-electron chi connectivity index (χ0n) is 6.63. The number of nitrogens with zero attached hydrogens (tertiary/aromatic N) is 1. The van der Waals surface area contributed by atoms with Gasteiger partial charge in [-0.25, -0.2) is 5.43 Å². The fraction of sp³-hybridized carbons (Fsp3) is 0.250. The summed E-state index contributed by atoms with van der Waals surface area (Å²) in [6.07, 6.45) is 0. The smallest absolute Gasteiger partial charge is 0.0527 e. The molecule has 0 aliphatic rings. The van der Waals surface area contributed by atoms with E-state index in [9.17, 15) is 0 Å². The van der Waals surface area contributed by atoms with Crippen LogP contribution in [0.5, 0.6) is 0 Å². The third-order valence-corrected chi connectivity index (χ3v) is 2.02. The van der Waals surface area contributed by atoms with Crippen molar-refractivity contribution >= 4 is 21.6 Å². The maximum atomic E-state index is 3.41. The highest BCUT2D eigenvalue weighted by atomic mass is 79.9. The van der Waals surface area contributed by atoms with E-state index in [0.29, 0.717) is 0 Å². The number of hydrogen-bond acceptors (Lipinski definition) is 2. The first-order valence-electron chi connectivity index (χ1n) is 3.40. The lowest BCUT2D eigenvalue weighted by molar-refractivity contribution is 0.791. The fourth-order valence-electron chi connectivity index (χ4n) is 0.814. The van der Waals surface area contributed by atoms with Crippen LogP contribution in [0, 0.1) is 0 Å². The molecular weight excluding hydrogens is 204 g/mol. The third-order valence-electron chi connectivity index (χ3n) is 1.53. The molecule has 1 N–H and O–H groups in total. The van der Waals surface area contributed by atoms with Crippen LogP contribution in [0.2, 0.25) is 0 Å². The summed E-state index contributed by atoms with van der Waals surface area (Å²) in [6, 6.07) is 8.11. The zero-order chi connectivity index (χ0) is 8.27. The van der Waals surface area contributed by atoms with Gasteiger partial charge in [0.1, 0.15) is 0 Å². The molecule has 1 aromatic rings. The number of hydrazine groups is 1. The molecule has 0 spiro atoms. The molecule has 0 aliphatic carbocycles. The quantitative estimate of drug-likeness (QED) is 0.759. The van der Waals surface area contributed by atoms with E-state index in [0.717, 1.165) is 10.2 Å². The average molecular weight is 215 g/mol. The van der Waals surface area contributed by atoms with Crippen molar-refractivity contribution < 1.29 is 0 Å². The Kier molecular flexibility index (Phi) is 2.91. The molecule has 0 radical (unpaired) electrons. The maximum Gasteiger partial charge on any atom is 0.0527 e. The van der Waals surface area contributed by atoms with Crippen molar-refractivity contribution in [1.82, 2.24) is 5.43 Å². The molecule has 1 rings (SSSR count). The van der Waals surface area contributed by atoms with Gasteiger partial charge < -0.3 is 5.01 Å². The van der Waals surface area contributed by atoms with Crippen LogP contribution in [0.4, 0.5) is 5.69 Å². The van der Waals surface area contributed by atoms with Crippen molar-refractivity contribution in [2.45, 2.75) is 0 Å². The highest BCUT2D eigenvalue weighted by Gasteiger charge is 1.96. The number of hydrogen-bond donors (Lipinski definition) is 1. The molecule has 0 bridgehead atoms. The molecule has 0 heterocycles. The monoisotopic (exact) mass is 214 g/mol. The Balaban J connectivity index is 2.86. The summed E-state index contributed by atoms with van der Waals surface area (Å²) in [5.74, 6) is 0. The van der Waals surface area contributed by atoms with Crippen LogP contribution in [0.15, 0.2) is 28.7 Å². The normalized spacial score (nSPS) is 9.73. The summed E-state index contributed by atoms with van der Waals surface area (Å²) in [7, 11) is 3.86. The van der Waals surface area contributed by atoms with Gasteiger partial charge in [0, 0.05) is 18.6 Å². The minimum Gasteiger partial charge on any atom is -0.312 e. The minimum atomic E-state index is 1.09. The van der Waals surface area contributed by atoms with Crippen LogP contribution in [0.3, 0.4) is 0 Å². The summed E-state index contributed by atoms with van der Waals surface area (Å²) < 4.78 is 1.09. The van der Waals surface area contributed by atoms with Gasteiger partial charge in [0.25, 0.3) is 0 Å². The Morgan fingerprint density at radius 3 is 2.73 bits per heavy atom. The Morgan fingerprint density at radius 2 is 2.18 bits per heavy atom. The average Bonchev–Trinajstić information content (AvgIpc) is 2.03. The predicted molar refractivity (Wildman–Crippen MR) is 51.6 cm³/mol. The van der Waals surface area contributed by atoms with Gasteiger partial charge >= 0.3 is 0 Å². The van der Waals surface area contributed by atoms with Gasteiger partial charge in [0.05, 0.1) is 5.69 Å². The van der Waals surface area contributed by atoms with Crippen molar-refractivity contribution in [3.8, 4) is 0 Å². The van der Waals surface area contributed by atoms with Crippen LogP contribution in [-0.4, -0.2) is 14.1 Å². The Bertz CT molecular complexity index is 237. The second kappa shape index (κ2) is 3.74. The molecule has 11 heavy (non-hydrogen) atoms. The first-order valence-corrected chi connectivity index (χ1v) is 4.20. The molecule has 0 unspecified atom stereocenters. The van der Waals surface area contributed by atoms with E-state index in [-0.39, 0.29) is 0 Å². The van der Waals surface area contributed by atoms with Gasteiger partial charge in [0.2, 0.25) is 0 Å². The predicted octanol–water partition coefficient (Wildman–Crippen LogP) is 2.02. The van der Waals surface area contributed by atoms with E-state index >= 15 is 0 Å². The van der Waals surface area contributed by atoms with Gasteiger partial charge in [-0.1, -0.05) is 22.0 Å². The largest absolute Gasteiger partial charge is 0.312 e. The second-order valence-electron chi connectivity index (χ2n) is 2.26. The lowest BCUT2D eigenvalue weighted by Gasteiger charge is -2.17. The number of rotatable bonds is 2. The van der Waals surface area contributed by atoms with Crippen LogP contribution < -0.4 is 10.4 Å². The summed E-state index contributed by atoms with van der Waals surface area (Å²) in [5.41, 5.74) is 4.16. The molecule has 0 atom stereocenters. The van der Waals surface area contributed by atoms with Crippen molar-refractivity contribution in [3.05, 3.63) is 28.7 Å². The van der Waals surface area contributed by atoms with E-state index in [1.165, 1.54) is 0 Å². The van der Waals surface area contributed by atoms with Crippen molar-refractivity contribution in [3.63, 3.8) is 0 Å². The van der Waals surface area contributed by atoms with Gasteiger partial charge in [-0.05, 0) is 18.2 Å². The Morgan fingerprint density at radius 1 is 1.45 bits per heavy atom. The molecular formula is C8H11BrN2. The van der Waals surface area contributed by atoms with Crippen LogP contribution >= 0.6 is 15.9 Å². The Hall–Kier alpha value is -0.540. The molecule has 60 valence electrons. The Labute approximate surface area is 75.3 Å². The van der Waals surface area contributed by atoms with Crippen molar-refractivity contribution in [2.24, 2.45) is 0 Å². The lowest BCUT2D eigenvalue weighted by atomic mass is 10.3. The molecule has 0 amide bonds. The van der Waals surface area contributed by atoms with Crippen molar-refractivity contribution in [2.75, 3.05) is 19.1 Å². The van der Waals surface area contributed by atoms with E-state index in [1.807, 2.05) is 37.3 Å². The first kappa shape index (κ1) is 8.56. The lowest BCUT2D eigenvalue weighted by Crippen LogP contribution is -2.30. The maximum absolute atomic E-state index is 3.41. The van der Waals surface area contributed by atoms with Crippen LogP contribution in [-0.2, 0) is 0 Å². The van der Waals surface area contributed by atoms with Gasteiger partial charge in [-0.3, -0.25) is 0 Å². The van der Waals surface area contributed by atoms with Crippen LogP contribution in [0.1, 0.15) is 0 Å². The zero-order valence-corrected chi connectivity index (χ0v) is 8.22. The summed E-state index contributed by atoms with van der Waals surface area (Å²) in [6.45, 7) is 0. The number of benzene rings is 1. The highest BCUT2D eigenvalue weighted by Crippen LogP contribution is 2.17. The van der Waals surface area contributed by atoms with Crippen molar-refractivity contribution in [1.29, 1.82) is 0 Å². The fourth-order valence-corrected chi connectivity index (χ4v) is 1.20. The minimum absolute atomic E-state index is 1.09. The van der Waals surface area contributed by atoms with Gasteiger partial charge in [0.15, 0.2) is 0 Å². The molecule has 3 heteroatoms. The summed E-state index contributed by atoms with van der Waals surface area (Å²) in [4.78, 5) is 0. The van der Waals surface area contributed by atoms with E-state index in [4.69, 9.17) is 0 Å². The summed E-state index contributed by atoms with van der Waals surface area (Å²) >= 11 is 3.41. The standard InChI is InChI=1S/C8H11BrN2/c1-10-11(2)8-5-3-4-7(9)6-8/h3-6,10H,1-2H3. The van der Waals surface area contributed by atoms with E-state index in [2.05, 4.69) is 27.4 Å². The van der Waals surface area contributed by atoms with E-state index < -0.39 is 0 Å². The SMILES string of the molecule is CNN(C)c1cccc(Br)c1. The second-order valence-corrected chi connectivity index (χ2v) is 3.18. The topological polar surface area (TPSA) is 15.3 Å². The molecule has 0 aromatic heterocycles. The molecule has 2 nitrogen and oxygen atoms in total.